The summed E-state index contributed by atoms with van der Waals surface area (Å²) in [5.41, 5.74) is -6.30. The van der Waals surface area contributed by atoms with E-state index in [4.69, 9.17) is 14.3 Å². The lowest BCUT2D eigenvalue weighted by molar-refractivity contribution is -0.161. The van der Waals surface area contributed by atoms with Crippen LogP contribution in [0.3, 0.4) is 0 Å². The Morgan fingerprint density at radius 2 is 1.76 bits per heavy atom. The molecule has 1 saturated carbocycles. The average Bonchev–Trinajstić information content (AvgIpc) is 3.66. The number of carbonyl (C=O) groups is 1. The number of hydrogen-bond acceptors (Lipinski definition) is 8. The molecule has 0 bridgehead atoms. The van der Waals surface area contributed by atoms with Crippen LogP contribution >= 0.6 is 0 Å². The zero-order valence-electron chi connectivity index (χ0n) is 21.3. The molecule has 0 spiro atoms. The van der Waals surface area contributed by atoms with E-state index in [9.17, 15) is 35.3 Å². The highest BCUT2D eigenvalue weighted by Crippen LogP contribution is 2.59. The van der Waals surface area contributed by atoms with E-state index in [-0.39, 0.29) is 23.4 Å². The number of alkyl halides is 6. The number of pyridine rings is 1. The summed E-state index contributed by atoms with van der Waals surface area (Å²) in [6, 6.07) is 5.64. The first-order chi connectivity index (χ1) is 18.9. The van der Waals surface area contributed by atoms with Gasteiger partial charge in [0.1, 0.15) is 11.0 Å². The minimum atomic E-state index is -5.06. The van der Waals surface area contributed by atoms with Crippen LogP contribution in [-0.4, -0.2) is 44.8 Å². The molecule has 2 aromatic heterocycles. The van der Waals surface area contributed by atoms with Gasteiger partial charge in [-0.1, -0.05) is 6.07 Å². The minimum absolute atomic E-state index is 0.0117. The molecule has 1 atom stereocenters. The maximum Gasteiger partial charge on any atom is 0.435 e. The Morgan fingerprint density at radius 1 is 1.10 bits per heavy atom. The van der Waals surface area contributed by atoms with Crippen LogP contribution in [0.1, 0.15) is 40.2 Å². The summed E-state index contributed by atoms with van der Waals surface area (Å²) in [5, 5.41) is 8.64. The molecule has 1 aliphatic carbocycles. The molecule has 41 heavy (non-hydrogen) atoms. The number of hydrogen-bond donors (Lipinski definition) is 2. The fourth-order valence-corrected chi connectivity index (χ4v) is 4.67. The van der Waals surface area contributed by atoms with Crippen molar-refractivity contribution < 1.29 is 49.2 Å². The standard InChI is InChI=1S/C24H20F7N5O4S/c1-11-16(19(37)33-12-5-4-6-13(9-12)41(3,32)38)20(36-35-18(11)23(26,27)28)40-17-14(25)10-15(34-21(17)39-2)22(7-8-22)24(29,30)31/h4-6,9-10,32H,7-8H2,1-3H3,(H,33,37). The molecule has 0 radical (unpaired) electrons. The second kappa shape index (κ2) is 10.1. The van der Waals surface area contributed by atoms with E-state index in [0.717, 1.165) is 20.3 Å². The Morgan fingerprint density at radius 3 is 2.29 bits per heavy atom. The molecule has 4 rings (SSSR count). The third-order valence-electron chi connectivity index (χ3n) is 6.29. The summed E-state index contributed by atoms with van der Waals surface area (Å²) in [6.07, 6.45) is -9.36. The maximum absolute atomic E-state index is 15.1. The Balaban J connectivity index is 1.80. The van der Waals surface area contributed by atoms with Gasteiger partial charge in [0.25, 0.3) is 17.7 Å². The summed E-state index contributed by atoms with van der Waals surface area (Å²) >= 11 is 0. The van der Waals surface area contributed by atoms with Gasteiger partial charge < -0.3 is 14.8 Å². The first kappa shape index (κ1) is 30.0. The Hall–Kier alpha value is -4.02. The third kappa shape index (κ3) is 5.75. The number of rotatable bonds is 7. The minimum Gasteiger partial charge on any atom is -0.478 e. The van der Waals surface area contributed by atoms with Crippen molar-refractivity contribution in [2.75, 3.05) is 18.7 Å². The van der Waals surface area contributed by atoms with Crippen LogP contribution in [0.5, 0.6) is 17.5 Å². The Bertz CT molecular complexity index is 1640. The van der Waals surface area contributed by atoms with Crippen LogP contribution in [0, 0.1) is 17.5 Å². The summed E-state index contributed by atoms with van der Waals surface area (Å²) in [6.45, 7) is 0.882. The smallest absolute Gasteiger partial charge is 0.435 e. The summed E-state index contributed by atoms with van der Waals surface area (Å²) in [7, 11) is -2.27. The van der Waals surface area contributed by atoms with Crippen LogP contribution in [-0.2, 0) is 21.3 Å². The molecule has 220 valence electrons. The van der Waals surface area contributed by atoms with E-state index in [0.29, 0.717) is 6.07 Å². The van der Waals surface area contributed by atoms with Gasteiger partial charge in [0, 0.05) is 22.9 Å². The highest BCUT2D eigenvalue weighted by atomic mass is 32.2. The highest BCUT2D eigenvalue weighted by molar-refractivity contribution is 7.91. The molecular formula is C24H20F7N5O4S. The predicted molar refractivity (Wildman–Crippen MR) is 129 cm³/mol. The lowest BCUT2D eigenvalue weighted by atomic mass is 10.0. The van der Waals surface area contributed by atoms with Crippen molar-refractivity contribution in [1.82, 2.24) is 15.2 Å². The van der Waals surface area contributed by atoms with Crippen molar-refractivity contribution in [3.63, 3.8) is 0 Å². The van der Waals surface area contributed by atoms with Crippen molar-refractivity contribution in [1.29, 1.82) is 4.78 Å². The third-order valence-corrected chi connectivity index (χ3v) is 7.45. The van der Waals surface area contributed by atoms with Crippen LogP contribution in [0.15, 0.2) is 35.2 Å². The molecule has 17 heteroatoms. The molecule has 1 unspecified atom stereocenters. The summed E-state index contributed by atoms with van der Waals surface area (Å²) in [5.74, 6) is -5.30. The number of halogens is 7. The van der Waals surface area contributed by atoms with Gasteiger partial charge in [-0.2, -0.15) is 26.3 Å². The number of benzene rings is 1. The number of methoxy groups -OCH3 is 1. The highest BCUT2D eigenvalue weighted by Gasteiger charge is 2.65. The second-order valence-corrected chi connectivity index (χ2v) is 11.3. The van der Waals surface area contributed by atoms with Crippen LogP contribution < -0.4 is 14.8 Å². The molecular weight excluding hydrogens is 587 g/mol. The molecule has 1 fully saturated rings. The quantitative estimate of drug-likeness (QED) is 0.315. The fraction of sp³-hybridized carbons (Fsp3) is 0.333. The largest absolute Gasteiger partial charge is 0.478 e. The van der Waals surface area contributed by atoms with Crippen molar-refractivity contribution in [2.45, 2.75) is 42.4 Å². The second-order valence-electron chi connectivity index (χ2n) is 9.19. The number of amides is 1. The number of ether oxygens (including phenoxy) is 2. The van der Waals surface area contributed by atoms with Gasteiger partial charge >= 0.3 is 12.4 Å². The van der Waals surface area contributed by atoms with Gasteiger partial charge in [0.15, 0.2) is 11.5 Å². The molecule has 1 aromatic carbocycles. The van der Waals surface area contributed by atoms with Crippen LogP contribution in [0.25, 0.3) is 0 Å². The lowest BCUT2D eigenvalue weighted by Crippen LogP contribution is -2.30. The molecule has 1 amide bonds. The molecule has 3 aromatic rings. The van der Waals surface area contributed by atoms with Gasteiger partial charge in [-0.3, -0.25) is 4.79 Å². The number of nitrogens with one attached hydrogen (secondary N) is 2. The van der Waals surface area contributed by atoms with Crippen molar-refractivity contribution in [2.24, 2.45) is 0 Å². The number of carbonyl (C=O) groups excluding carboxylic acids is 1. The predicted octanol–water partition coefficient (Wildman–Crippen LogP) is 6.02. The fourth-order valence-electron chi connectivity index (χ4n) is 3.98. The Kier molecular flexibility index (Phi) is 7.39. The first-order valence-electron chi connectivity index (χ1n) is 11.5. The van der Waals surface area contributed by atoms with Gasteiger partial charge in [-0.05, 0) is 43.5 Å². The number of nitrogens with zero attached hydrogens (tertiary/aromatic N) is 3. The molecule has 0 saturated heterocycles. The topological polar surface area (TPSA) is 127 Å². The zero-order valence-corrected chi connectivity index (χ0v) is 22.1. The van der Waals surface area contributed by atoms with Crippen molar-refractivity contribution in [3.05, 3.63) is 58.7 Å². The number of aromatic nitrogens is 3. The normalized spacial score (nSPS) is 16.0. The van der Waals surface area contributed by atoms with Crippen LogP contribution in [0.4, 0.5) is 36.4 Å². The Labute approximate surface area is 228 Å². The molecule has 2 N–H and O–H groups in total. The van der Waals surface area contributed by atoms with Crippen molar-refractivity contribution in [3.8, 4) is 17.5 Å². The average molecular weight is 608 g/mol. The molecule has 2 heterocycles. The van der Waals surface area contributed by atoms with E-state index in [1.807, 2.05) is 0 Å². The van der Waals surface area contributed by atoms with Gasteiger partial charge in [0.2, 0.25) is 5.75 Å². The SMILES string of the molecule is COc1nc(C2(C(F)(F)F)CC2)cc(F)c1Oc1nnc(C(F)(F)F)c(C)c1C(=O)Nc1cccc(S(C)(=N)=O)c1. The van der Waals surface area contributed by atoms with Gasteiger partial charge in [-0.15, -0.1) is 10.2 Å². The number of anilines is 1. The van der Waals surface area contributed by atoms with E-state index >= 15 is 4.39 Å². The summed E-state index contributed by atoms with van der Waals surface area (Å²) in [4.78, 5) is 17.0. The van der Waals surface area contributed by atoms with E-state index in [1.54, 1.807) is 0 Å². The monoisotopic (exact) mass is 607 g/mol. The van der Waals surface area contributed by atoms with E-state index in [2.05, 4.69) is 20.5 Å². The molecule has 9 nitrogen and oxygen atoms in total. The van der Waals surface area contributed by atoms with Crippen LogP contribution in [0.2, 0.25) is 0 Å². The zero-order chi connectivity index (χ0) is 30.5. The maximum atomic E-state index is 15.1. The lowest BCUT2D eigenvalue weighted by Gasteiger charge is -2.21. The molecule has 0 aliphatic heterocycles. The van der Waals surface area contributed by atoms with Crippen molar-refractivity contribution >= 4 is 21.3 Å². The van der Waals surface area contributed by atoms with Gasteiger partial charge in [0.05, 0.1) is 22.5 Å². The first-order valence-corrected chi connectivity index (χ1v) is 13.4. The summed E-state index contributed by atoms with van der Waals surface area (Å²) < 4.78 is 127. The van der Waals surface area contributed by atoms with E-state index < -0.39 is 79.2 Å². The van der Waals surface area contributed by atoms with E-state index in [1.165, 1.54) is 24.3 Å². The van der Waals surface area contributed by atoms with Gasteiger partial charge in [-0.25, -0.2) is 18.4 Å². The molecule has 1 aliphatic rings.